The first kappa shape index (κ1) is 21.0. The molecule has 1 rings (SSSR count). The second-order valence-electron chi connectivity index (χ2n) is 7.91. The van der Waals surface area contributed by atoms with E-state index in [9.17, 15) is 0 Å². The lowest BCUT2D eigenvalue weighted by Gasteiger charge is -2.62. The number of halogens is 1. The van der Waals surface area contributed by atoms with Crippen molar-refractivity contribution in [2.45, 2.75) is 59.5 Å². The van der Waals surface area contributed by atoms with Crippen LogP contribution < -0.4 is 5.32 Å². The number of rotatable bonds is 4. The van der Waals surface area contributed by atoms with Gasteiger partial charge >= 0.3 is 0 Å². The van der Waals surface area contributed by atoms with Gasteiger partial charge in [-0.3, -0.25) is 4.99 Å². The van der Waals surface area contributed by atoms with Crippen LogP contribution >= 0.6 is 24.0 Å². The first-order valence-electron chi connectivity index (χ1n) is 7.69. The molecule has 0 spiro atoms. The molecule has 0 aromatic carbocycles. The third kappa shape index (κ3) is 4.24. The summed E-state index contributed by atoms with van der Waals surface area (Å²) >= 11 is 0. The van der Waals surface area contributed by atoms with Crippen LogP contribution in [0.3, 0.4) is 0 Å². The van der Waals surface area contributed by atoms with Crippen LogP contribution in [0.2, 0.25) is 0 Å². The fourth-order valence-corrected chi connectivity index (χ4v) is 2.20. The number of nitrogens with zero attached hydrogens (tertiary/aromatic N) is 3. The zero-order valence-electron chi connectivity index (χ0n) is 15.4. The SMILES string of the molecule is CCNC(=NCC(C)(C)N(C)C)N1CC(C)(C)C1(C)C.I. The molecule has 1 heterocycles. The Labute approximate surface area is 148 Å². The quantitative estimate of drug-likeness (QED) is 0.439. The molecule has 21 heavy (non-hydrogen) atoms. The molecule has 1 saturated heterocycles. The van der Waals surface area contributed by atoms with Gasteiger partial charge in [0.25, 0.3) is 0 Å². The summed E-state index contributed by atoms with van der Waals surface area (Å²) in [5, 5.41) is 3.45. The first-order valence-corrected chi connectivity index (χ1v) is 7.69. The summed E-state index contributed by atoms with van der Waals surface area (Å²) in [5.41, 5.74) is 0.557. The van der Waals surface area contributed by atoms with Crippen LogP contribution in [0.1, 0.15) is 48.5 Å². The Bertz CT molecular complexity index is 372. The predicted molar refractivity (Wildman–Crippen MR) is 104 cm³/mol. The van der Waals surface area contributed by atoms with E-state index in [1.165, 1.54) is 0 Å². The Hall–Kier alpha value is -0.0400. The Morgan fingerprint density at radius 2 is 1.76 bits per heavy atom. The zero-order valence-corrected chi connectivity index (χ0v) is 17.7. The minimum absolute atomic E-state index is 0. The largest absolute Gasteiger partial charge is 0.356 e. The van der Waals surface area contributed by atoms with Crippen molar-refractivity contribution in [1.29, 1.82) is 0 Å². The van der Waals surface area contributed by atoms with Crippen molar-refractivity contribution in [3.05, 3.63) is 0 Å². The van der Waals surface area contributed by atoms with Gasteiger partial charge in [0.1, 0.15) is 0 Å². The summed E-state index contributed by atoms with van der Waals surface area (Å²) in [5.74, 6) is 1.05. The van der Waals surface area contributed by atoms with Crippen LogP contribution in [-0.4, -0.2) is 60.6 Å². The van der Waals surface area contributed by atoms with E-state index < -0.39 is 0 Å². The van der Waals surface area contributed by atoms with E-state index >= 15 is 0 Å². The monoisotopic (exact) mass is 410 g/mol. The molecule has 0 aromatic heterocycles. The van der Waals surface area contributed by atoms with Crippen LogP contribution in [0.25, 0.3) is 0 Å². The van der Waals surface area contributed by atoms with Crippen LogP contribution in [0, 0.1) is 5.41 Å². The number of hydrogen-bond donors (Lipinski definition) is 1. The highest BCUT2D eigenvalue weighted by molar-refractivity contribution is 14.0. The average Bonchev–Trinajstić information content (AvgIpc) is 2.31. The van der Waals surface area contributed by atoms with Gasteiger partial charge in [-0.15, -0.1) is 24.0 Å². The molecule has 0 unspecified atom stereocenters. The molecule has 5 heteroatoms. The van der Waals surface area contributed by atoms with Crippen molar-refractivity contribution < 1.29 is 0 Å². The minimum Gasteiger partial charge on any atom is -0.356 e. The van der Waals surface area contributed by atoms with E-state index in [1.807, 2.05) is 0 Å². The number of nitrogens with one attached hydrogen (secondary N) is 1. The molecule has 0 amide bonds. The van der Waals surface area contributed by atoms with E-state index in [4.69, 9.17) is 4.99 Å². The van der Waals surface area contributed by atoms with Crippen LogP contribution in [0.5, 0.6) is 0 Å². The fraction of sp³-hybridized carbons (Fsp3) is 0.938. The van der Waals surface area contributed by atoms with Gasteiger partial charge in [0.2, 0.25) is 0 Å². The summed E-state index contributed by atoms with van der Waals surface area (Å²) in [7, 11) is 4.22. The maximum Gasteiger partial charge on any atom is 0.194 e. The number of likely N-dealkylation sites (N-methyl/N-ethyl adjacent to an activating group) is 1. The van der Waals surface area contributed by atoms with E-state index in [-0.39, 0.29) is 35.1 Å². The molecular formula is C16H35IN4. The molecule has 1 aliphatic heterocycles. The van der Waals surface area contributed by atoms with Crippen LogP contribution in [-0.2, 0) is 0 Å². The molecule has 0 aliphatic carbocycles. The smallest absolute Gasteiger partial charge is 0.194 e. The van der Waals surface area contributed by atoms with Crippen molar-refractivity contribution in [2.24, 2.45) is 10.4 Å². The maximum absolute atomic E-state index is 4.88. The first-order chi connectivity index (χ1) is 8.95. The number of guanidine groups is 1. The normalized spacial score (nSPS) is 20.9. The molecule has 126 valence electrons. The van der Waals surface area contributed by atoms with Gasteiger partial charge in [-0.05, 0) is 48.7 Å². The van der Waals surface area contributed by atoms with Crippen molar-refractivity contribution in [3.63, 3.8) is 0 Å². The van der Waals surface area contributed by atoms with Crippen molar-refractivity contribution >= 4 is 29.9 Å². The molecule has 1 N–H and O–H groups in total. The summed E-state index contributed by atoms with van der Waals surface area (Å²) in [4.78, 5) is 9.51. The summed E-state index contributed by atoms with van der Waals surface area (Å²) in [6.07, 6.45) is 0. The topological polar surface area (TPSA) is 30.9 Å². The van der Waals surface area contributed by atoms with E-state index in [1.54, 1.807) is 0 Å². The number of aliphatic imine (C=N–C) groups is 1. The van der Waals surface area contributed by atoms with E-state index in [0.717, 1.165) is 25.6 Å². The lowest BCUT2D eigenvalue weighted by atomic mass is 9.65. The third-order valence-electron chi connectivity index (χ3n) is 5.30. The molecule has 4 nitrogen and oxygen atoms in total. The van der Waals surface area contributed by atoms with Gasteiger partial charge < -0.3 is 15.1 Å². The predicted octanol–water partition coefficient (Wildman–Crippen LogP) is 3.03. The fourth-order valence-electron chi connectivity index (χ4n) is 2.20. The molecule has 1 fully saturated rings. The molecule has 0 atom stereocenters. The van der Waals surface area contributed by atoms with Crippen LogP contribution in [0.15, 0.2) is 4.99 Å². The Balaban J connectivity index is 0.00000400. The van der Waals surface area contributed by atoms with Gasteiger partial charge in [0.05, 0.1) is 6.54 Å². The van der Waals surface area contributed by atoms with Gasteiger partial charge in [0, 0.05) is 29.6 Å². The average molecular weight is 410 g/mol. The molecule has 0 bridgehead atoms. The Morgan fingerprint density at radius 3 is 2.10 bits per heavy atom. The molecule has 1 aliphatic rings. The van der Waals surface area contributed by atoms with Gasteiger partial charge in [-0.25, -0.2) is 0 Å². The highest BCUT2D eigenvalue weighted by Gasteiger charge is 2.53. The second kappa shape index (κ2) is 7.02. The van der Waals surface area contributed by atoms with Crippen molar-refractivity contribution in [3.8, 4) is 0 Å². The zero-order chi connectivity index (χ0) is 15.8. The minimum atomic E-state index is 0. The highest BCUT2D eigenvalue weighted by atomic mass is 127. The van der Waals surface area contributed by atoms with Crippen molar-refractivity contribution in [2.75, 3.05) is 33.7 Å². The summed E-state index contributed by atoms with van der Waals surface area (Å²) in [6, 6.07) is 0. The number of hydrogen-bond acceptors (Lipinski definition) is 2. The van der Waals surface area contributed by atoms with Crippen molar-refractivity contribution in [1.82, 2.24) is 15.1 Å². The van der Waals surface area contributed by atoms with E-state index in [0.29, 0.717) is 5.41 Å². The van der Waals surface area contributed by atoms with Gasteiger partial charge in [-0.1, -0.05) is 13.8 Å². The Kier molecular flexibility index (Phi) is 7.01. The van der Waals surface area contributed by atoms with Crippen LogP contribution in [0.4, 0.5) is 0 Å². The third-order valence-corrected chi connectivity index (χ3v) is 5.30. The lowest BCUT2D eigenvalue weighted by Crippen LogP contribution is -2.72. The Morgan fingerprint density at radius 1 is 1.24 bits per heavy atom. The molecule has 0 saturated carbocycles. The molecular weight excluding hydrogens is 375 g/mol. The van der Waals surface area contributed by atoms with E-state index in [2.05, 4.69) is 77.7 Å². The maximum atomic E-state index is 4.88. The molecule has 0 radical (unpaired) electrons. The number of likely N-dealkylation sites (tertiary alicyclic amines) is 1. The summed E-state index contributed by atoms with van der Waals surface area (Å²) in [6.45, 7) is 18.6. The highest BCUT2D eigenvalue weighted by Crippen LogP contribution is 2.46. The van der Waals surface area contributed by atoms with Gasteiger partial charge in [0.15, 0.2) is 5.96 Å². The summed E-state index contributed by atoms with van der Waals surface area (Å²) < 4.78 is 0. The standard InChI is InChI=1S/C16H34N4.HI/c1-10-17-13(18-11-15(4,5)19(8)9)20-12-14(2,3)16(20,6)7;/h10-12H2,1-9H3,(H,17,18);1H. The lowest BCUT2D eigenvalue weighted by molar-refractivity contribution is -0.0668. The molecule has 0 aromatic rings. The van der Waals surface area contributed by atoms with Gasteiger partial charge in [-0.2, -0.15) is 0 Å². The second-order valence-corrected chi connectivity index (χ2v) is 7.91.